The molecule has 144 valence electrons. The zero-order valence-corrected chi connectivity index (χ0v) is 16.0. The van der Waals surface area contributed by atoms with E-state index in [1.54, 1.807) is 13.3 Å². The van der Waals surface area contributed by atoms with Crippen LogP contribution in [0.1, 0.15) is 30.7 Å². The summed E-state index contributed by atoms with van der Waals surface area (Å²) in [4.78, 5) is 30.4. The number of likely N-dealkylation sites (tertiary alicyclic amines) is 1. The van der Waals surface area contributed by atoms with Crippen LogP contribution >= 0.6 is 0 Å². The Bertz CT molecular complexity index is 800. The highest BCUT2D eigenvalue weighted by molar-refractivity contribution is 5.77. The van der Waals surface area contributed by atoms with E-state index in [0.29, 0.717) is 26.1 Å². The molecular formula is C20H26N4O3. The lowest BCUT2D eigenvalue weighted by Crippen LogP contribution is -2.39. The highest BCUT2D eigenvalue weighted by atomic mass is 16.5. The first-order chi connectivity index (χ1) is 13.0. The quantitative estimate of drug-likeness (QED) is 0.840. The van der Waals surface area contributed by atoms with Crippen LogP contribution in [-0.2, 0) is 16.1 Å². The lowest BCUT2D eigenvalue weighted by Gasteiger charge is -2.19. The van der Waals surface area contributed by atoms with Gasteiger partial charge in [-0.2, -0.15) is 0 Å². The van der Waals surface area contributed by atoms with E-state index in [2.05, 4.69) is 10.3 Å². The van der Waals surface area contributed by atoms with Crippen LogP contribution in [0.2, 0.25) is 0 Å². The number of nitrogens with one attached hydrogen (secondary N) is 1. The Hall–Kier alpha value is -2.83. The molecule has 3 rings (SSSR count). The number of aromatic nitrogens is 2. The third kappa shape index (κ3) is 4.48. The molecule has 2 atom stereocenters. The highest BCUT2D eigenvalue weighted by Crippen LogP contribution is 2.29. The van der Waals surface area contributed by atoms with Gasteiger partial charge in [-0.05, 0) is 24.6 Å². The fourth-order valence-electron chi connectivity index (χ4n) is 3.62. The molecule has 2 heterocycles. The third-order valence-electron chi connectivity index (χ3n) is 5.10. The largest absolute Gasteiger partial charge is 0.497 e. The van der Waals surface area contributed by atoms with E-state index in [-0.39, 0.29) is 23.8 Å². The molecule has 1 aromatic heterocycles. The molecule has 27 heavy (non-hydrogen) atoms. The number of imidazole rings is 1. The second kappa shape index (κ2) is 8.24. The van der Waals surface area contributed by atoms with Crippen molar-refractivity contribution in [1.82, 2.24) is 19.8 Å². The van der Waals surface area contributed by atoms with Crippen LogP contribution in [0.3, 0.4) is 0 Å². The van der Waals surface area contributed by atoms with Crippen molar-refractivity contribution in [2.24, 2.45) is 0 Å². The minimum Gasteiger partial charge on any atom is -0.497 e. The Morgan fingerprint density at radius 2 is 2.00 bits per heavy atom. The molecule has 2 amide bonds. The number of carbonyl (C=O) groups excluding carboxylic acids is 2. The second-order valence-electron chi connectivity index (χ2n) is 6.90. The average molecular weight is 370 g/mol. The first kappa shape index (κ1) is 18.9. The van der Waals surface area contributed by atoms with Gasteiger partial charge in [-0.25, -0.2) is 4.98 Å². The van der Waals surface area contributed by atoms with Crippen molar-refractivity contribution in [3.63, 3.8) is 0 Å². The zero-order chi connectivity index (χ0) is 19.4. The number of benzene rings is 1. The van der Waals surface area contributed by atoms with Crippen molar-refractivity contribution in [2.75, 3.05) is 20.2 Å². The summed E-state index contributed by atoms with van der Waals surface area (Å²) in [5.41, 5.74) is 1.09. The summed E-state index contributed by atoms with van der Waals surface area (Å²) >= 11 is 0. The highest BCUT2D eigenvalue weighted by Gasteiger charge is 2.36. The summed E-state index contributed by atoms with van der Waals surface area (Å²) in [5, 5.41) is 3.00. The molecule has 2 aromatic rings. The van der Waals surface area contributed by atoms with Crippen molar-refractivity contribution in [3.8, 4) is 5.75 Å². The van der Waals surface area contributed by atoms with Crippen LogP contribution in [0.15, 0.2) is 36.7 Å². The monoisotopic (exact) mass is 370 g/mol. The van der Waals surface area contributed by atoms with Gasteiger partial charge in [0.25, 0.3) is 0 Å². The topological polar surface area (TPSA) is 76.5 Å². The number of hydrogen-bond donors (Lipinski definition) is 1. The van der Waals surface area contributed by atoms with Crippen LogP contribution in [0.5, 0.6) is 5.75 Å². The van der Waals surface area contributed by atoms with Gasteiger partial charge in [-0.1, -0.05) is 12.1 Å². The predicted molar refractivity (Wildman–Crippen MR) is 102 cm³/mol. The fourth-order valence-corrected chi connectivity index (χ4v) is 3.62. The van der Waals surface area contributed by atoms with E-state index < -0.39 is 0 Å². The second-order valence-corrected chi connectivity index (χ2v) is 6.90. The molecule has 0 bridgehead atoms. The van der Waals surface area contributed by atoms with Crippen LogP contribution in [0.4, 0.5) is 0 Å². The van der Waals surface area contributed by atoms with Gasteiger partial charge < -0.3 is 19.5 Å². The zero-order valence-electron chi connectivity index (χ0n) is 16.0. The summed E-state index contributed by atoms with van der Waals surface area (Å²) in [6.45, 7) is 5.17. The van der Waals surface area contributed by atoms with Gasteiger partial charge in [-0.3, -0.25) is 9.59 Å². The molecule has 1 N–H and O–H groups in total. The summed E-state index contributed by atoms with van der Waals surface area (Å²) in [6, 6.07) is 7.73. The summed E-state index contributed by atoms with van der Waals surface area (Å²) in [6.07, 6.45) is 4.04. The Morgan fingerprint density at radius 3 is 2.59 bits per heavy atom. The van der Waals surface area contributed by atoms with Gasteiger partial charge in [0.1, 0.15) is 11.6 Å². The Kier molecular flexibility index (Phi) is 5.78. The normalized spacial score (nSPS) is 19.1. The lowest BCUT2D eigenvalue weighted by molar-refractivity contribution is -0.130. The van der Waals surface area contributed by atoms with Crippen LogP contribution in [-0.4, -0.2) is 52.5 Å². The standard InChI is InChI=1S/C20H26N4O3/c1-14-21-9-11-23(14)10-8-20(26)24-12-18(19(13-24)22-15(2)25)16-4-6-17(27-3)7-5-16/h4-7,9,11,18-19H,8,10,12-13H2,1-3H3,(H,22,25)/t18-,19+/m0/s1. The molecule has 1 aliphatic rings. The maximum atomic E-state index is 12.7. The van der Waals surface area contributed by atoms with Crippen molar-refractivity contribution in [2.45, 2.75) is 38.8 Å². The number of amides is 2. The Balaban J connectivity index is 1.69. The molecule has 0 aliphatic carbocycles. The van der Waals surface area contributed by atoms with Gasteiger partial charge in [0, 0.05) is 51.3 Å². The first-order valence-corrected chi connectivity index (χ1v) is 9.14. The molecule has 1 aliphatic heterocycles. The maximum Gasteiger partial charge on any atom is 0.224 e. The minimum absolute atomic E-state index is 0.0683. The van der Waals surface area contributed by atoms with E-state index in [4.69, 9.17) is 4.74 Å². The number of rotatable bonds is 6. The molecule has 1 saturated heterocycles. The first-order valence-electron chi connectivity index (χ1n) is 9.14. The van der Waals surface area contributed by atoms with Gasteiger partial charge in [0.05, 0.1) is 13.2 Å². The number of ether oxygens (including phenoxy) is 1. The molecular weight excluding hydrogens is 344 g/mol. The number of hydrogen-bond acceptors (Lipinski definition) is 4. The average Bonchev–Trinajstić information content (AvgIpc) is 3.25. The van der Waals surface area contributed by atoms with E-state index >= 15 is 0 Å². The molecule has 0 saturated carbocycles. The SMILES string of the molecule is COc1ccc([C@@H]2CN(C(=O)CCn3ccnc3C)C[C@H]2NC(C)=O)cc1. The Morgan fingerprint density at radius 1 is 1.26 bits per heavy atom. The van der Waals surface area contributed by atoms with Crippen molar-refractivity contribution in [1.29, 1.82) is 0 Å². The predicted octanol–water partition coefficient (Wildman–Crippen LogP) is 1.72. The number of nitrogens with zero attached hydrogens (tertiary/aromatic N) is 3. The number of carbonyl (C=O) groups is 2. The lowest BCUT2D eigenvalue weighted by atomic mass is 9.94. The molecule has 1 aromatic carbocycles. The smallest absolute Gasteiger partial charge is 0.224 e. The van der Waals surface area contributed by atoms with Crippen molar-refractivity contribution in [3.05, 3.63) is 48.0 Å². The minimum atomic E-state index is -0.0881. The van der Waals surface area contributed by atoms with Crippen molar-refractivity contribution < 1.29 is 14.3 Å². The van der Waals surface area contributed by atoms with E-state index in [1.165, 1.54) is 6.92 Å². The third-order valence-corrected chi connectivity index (χ3v) is 5.10. The summed E-state index contributed by atoms with van der Waals surface area (Å²) in [7, 11) is 1.63. The van der Waals surface area contributed by atoms with Gasteiger partial charge in [0.2, 0.25) is 11.8 Å². The maximum absolute atomic E-state index is 12.7. The summed E-state index contributed by atoms with van der Waals surface area (Å²) in [5.74, 6) is 1.77. The Labute approximate surface area is 159 Å². The fraction of sp³-hybridized carbons (Fsp3) is 0.450. The number of aryl methyl sites for hydroxylation is 2. The van der Waals surface area contributed by atoms with Crippen molar-refractivity contribution >= 4 is 11.8 Å². The molecule has 1 fully saturated rings. The van der Waals surface area contributed by atoms with Crippen LogP contribution < -0.4 is 10.1 Å². The molecule has 0 radical (unpaired) electrons. The summed E-state index contributed by atoms with van der Waals surface area (Å²) < 4.78 is 7.19. The molecule has 0 unspecified atom stereocenters. The molecule has 7 heteroatoms. The van der Waals surface area contributed by atoms with Gasteiger partial charge in [0.15, 0.2) is 0 Å². The molecule has 0 spiro atoms. The van der Waals surface area contributed by atoms with E-state index in [9.17, 15) is 9.59 Å². The molecule has 7 nitrogen and oxygen atoms in total. The van der Waals surface area contributed by atoms with Gasteiger partial charge >= 0.3 is 0 Å². The number of methoxy groups -OCH3 is 1. The van der Waals surface area contributed by atoms with E-state index in [0.717, 1.165) is 17.1 Å². The van der Waals surface area contributed by atoms with Gasteiger partial charge in [-0.15, -0.1) is 0 Å². The van der Waals surface area contributed by atoms with E-state index in [1.807, 2.05) is 46.9 Å². The van der Waals surface area contributed by atoms with Crippen LogP contribution in [0.25, 0.3) is 0 Å². The van der Waals surface area contributed by atoms with Crippen LogP contribution in [0, 0.1) is 6.92 Å².